The molecule has 0 amide bonds. The number of hydrogen-bond donors (Lipinski definition) is 1. The van der Waals surface area contributed by atoms with Gasteiger partial charge in [0, 0.05) is 19.2 Å². The van der Waals surface area contributed by atoms with E-state index in [-0.39, 0.29) is 5.82 Å². The molecule has 0 bridgehead atoms. The summed E-state index contributed by atoms with van der Waals surface area (Å²) in [5.41, 5.74) is 0.580. The van der Waals surface area contributed by atoms with Crippen LogP contribution in [0.1, 0.15) is 5.56 Å². The molecule has 0 radical (unpaired) electrons. The fourth-order valence-electron chi connectivity index (χ4n) is 1.29. The highest BCUT2D eigenvalue weighted by Gasteiger charge is 2.03. The second-order valence-electron chi connectivity index (χ2n) is 3.50. The first-order chi connectivity index (χ1) is 8.19. The van der Waals surface area contributed by atoms with E-state index in [9.17, 15) is 4.39 Å². The average molecular weight is 233 g/mol. The standard InChI is InChI=1S/C12H12FN3O/c1-8-3-4-9(5-10(8)13)17-12-6-11(14-2)15-7-16-12/h3-7H,1-2H3,(H,14,15,16). The Bertz CT molecular complexity index is 531. The van der Waals surface area contributed by atoms with E-state index in [1.54, 1.807) is 32.2 Å². The van der Waals surface area contributed by atoms with Crippen molar-refractivity contribution < 1.29 is 9.13 Å². The number of nitrogens with one attached hydrogen (secondary N) is 1. The predicted octanol–water partition coefficient (Wildman–Crippen LogP) is 2.76. The molecule has 17 heavy (non-hydrogen) atoms. The van der Waals surface area contributed by atoms with Crippen LogP contribution in [0, 0.1) is 12.7 Å². The summed E-state index contributed by atoms with van der Waals surface area (Å²) in [6.07, 6.45) is 1.38. The Labute approximate surface area is 98.5 Å². The topological polar surface area (TPSA) is 47.0 Å². The second kappa shape index (κ2) is 4.78. The van der Waals surface area contributed by atoms with Crippen molar-refractivity contribution in [2.45, 2.75) is 6.92 Å². The lowest BCUT2D eigenvalue weighted by molar-refractivity contribution is 0.456. The lowest BCUT2D eigenvalue weighted by atomic mass is 10.2. The molecule has 88 valence electrons. The minimum Gasteiger partial charge on any atom is -0.439 e. The van der Waals surface area contributed by atoms with E-state index in [0.29, 0.717) is 23.0 Å². The molecule has 1 N–H and O–H groups in total. The summed E-state index contributed by atoms with van der Waals surface area (Å²) in [7, 11) is 1.75. The molecule has 2 rings (SSSR count). The van der Waals surface area contributed by atoms with Crippen molar-refractivity contribution in [3.8, 4) is 11.6 Å². The van der Waals surface area contributed by atoms with Crippen LogP contribution in [0.4, 0.5) is 10.2 Å². The number of nitrogens with zero attached hydrogens (tertiary/aromatic N) is 2. The molecule has 0 unspecified atom stereocenters. The van der Waals surface area contributed by atoms with Crippen LogP contribution in [0.5, 0.6) is 11.6 Å². The van der Waals surface area contributed by atoms with Gasteiger partial charge in [0.15, 0.2) is 0 Å². The molecule has 0 fully saturated rings. The van der Waals surface area contributed by atoms with Crippen molar-refractivity contribution in [3.63, 3.8) is 0 Å². The van der Waals surface area contributed by atoms with Crippen molar-refractivity contribution in [3.05, 3.63) is 42.0 Å². The van der Waals surface area contributed by atoms with Gasteiger partial charge >= 0.3 is 0 Å². The quantitative estimate of drug-likeness (QED) is 0.885. The van der Waals surface area contributed by atoms with Gasteiger partial charge in [-0.05, 0) is 18.6 Å². The molecule has 1 heterocycles. The first-order valence-electron chi connectivity index (χ1n) is 5.13. The van der Waals surface area contributed by atoms with E-state index in [4.69, 9.17) is 4.74 Å². The smallest absolute Gasteiger partial charge is 0.224 e. The lowest BCUT2D eigenvalue weighted by Crippen LogP contribution is -1.95. The number of aryl methyl sites for hydroxylation is 1. The van der Waals surface area contributed by atoms with E-state index < -0.39 is 0 Å². The van der Waals surface area contributed by atoms with Crippen molar-refractivity contribution in [2.75, 3.05) is 12.4 Å². The van der Waals surface area contributed by atoms with E-state index >= 15 is 0 Å². The molecule has 1 aromatic carbocycles. The van der Waals surface area contributed by atoms with Crippen LogP contribution in [-0.4, -0.2) is 17.0 Å². The number of rotatable bonds is 3. The Balaban J connectivity index is 2.22. The third kappa shape index (κ3) is 2.69. The highest BCUT2D eigenvalue weighted by atomic mass is 19.1. The minimum absolute atomic E-state index is 0.301. The molecule has 2 aromatic rings. The molecule has 0 aliphatic carbocycles. The highest BCUT2D eigenvalue weighted by molar-refractivity contribution is 5.38. The lowest BCUT2D eigenvalue weighted by Gasteiger charge is -2.06. The number of benzene rings is 1. The molecule has 0 saturated carbocycles. The van der Waals surface area contributed by atoms with E-state index in [2.05, 4.69) is 15.3 Å². The number of aromatic nitrogens is 2. The van der Waals surface area contributed by atoms with Crippen LogP contribution >= 0.6 is 0 Å². The zero-order chi connectivity index (χ0) is 12.3. The van der Waals surface area contributed by atoms with Gasteiger partial charge in [-0.1, -0.05) is 6.07 Å². The van der Waals surface area contributed by atoms with Crippen LogP contribution in [0.15, 0.2) is 30.6 Å². The Morgan fingerprint density at radius 3 is 2.76 bits per heavy atom. The molecular formula is C12H12FN3O. The van der Waals surface area contributed by atoms with Gasteiger partial charge in [0.1, 0.15) is 23.7 Å². The molecule has 0 aliphatic heterocycles. The molecule has 0 aliphatic rings. The van der Waals surface area contributed by atoms with E-state index in [1.165, 1.54) is 12.4 Å². The second-order valence-corrected chi connectivity index (χ2v) is 3.50. The minimum atomic E-state index is -0.301. The normalized spacial score (nSPS) is 10.1. The maximum absolute atomic E-state index is 13.3. The van der Waals surface area contributed by atoms with Gasteiger partial charge in [0.05, 0.1) is 0 Å². The number of anilines is 1. The van der Waals surface area contributed by atoms with Gasteiger partial charge in [0.2, 0.25) is 5.88 Å². The van der Waals surface area contributed by atoms with E-state index in [0.717, 1.165) is 0 Å². The first kappa shape index (κ1) is 11.3. The van der Waals surface area contributed by atoms with Crippen LogP contribution in [0.2, 0.25) is 0 Å². The number of halogens is 1. The SMILES string of the molecule is CNc1cc(Oc2ccc(C)c(F)c2)ncn1. The number of hydrogen-bond acceptors (Lipinski definition) is 4. The summed E-state index contributed by atoms with van der Waals surface area (Å²) in [4.78, 5) is 7.89. The maximum Gasteiger partial charge on any atom is 0.224 e. The highest BCUT2D eigenvalue weighted by Crippen LogP contribution is 2.22. The largest absolute Gasteiger partial charge is 0.439 e. The molecule has 4 nitrogen and oxygen atoms in total. The fraction of sp³-hybridized carbons (Fsp3) is 0.167. The maximum atomic E-state index is 13.3. The third-order valence-corrected chi connectivity index (χ3v) is 2.26. The Hall–Kier alpha value is -2.17. The Morgan fingerprint density at radius 2 is 2.06 bits per heavy atom. The van der Waals surface area contributed by atoms with Crippen LogP contribution in [0.3, 0.4) is 0 Å². The van der Waals surface area contributed by atoms with Gasteiger partial charge < -0.3 is 10.1 Å². The van der Waals surface area contributed by atoms with Crippen molar-refractivity contribution in [1.29, 1.82) is 0 Å². The van der Waals surface area contributed by atoms with Crippen LogP contribution in [0.25, 0.3) is 0 Å². The summed E-state index contributed by atoms with van der Waals surface area (Å²) in [5.74, 6) is 1.12. The van der Waals surface area contributed by atoms with Crippen molar-refractivity contribution >= 4 is 5.82 Å². The zero-order valence-corrected chi connectivity index (χ0v) is 9.57. The van der Waals surface area contributed by atoms with E-state index in [1.807, 2.05) is 0 Å². The summed E-state index contributed by atoms with van der Waals surface area (Å²) in [5, 5.41) is 2.87. The molecule has 5 heteroatoms. The van der Waals surface area contributed by atoms with Gasteiger partial charge in [-0.3, -0.25) is 0 Å². The van der Waals surface area contributed by atoms with Crippen LogP contribution < -0.4 is 10.1 Å². The van der Waals surface area contributed by atoms with Crippen LogP contribution in [-0.2, 0) is 0 Å². The van der Waals surface area contributed by atoms with Gasteiger partial charge in [0.25, 0.3) is 0 Å². The molecule has 0 saturated heterocycles. The summed E-state index contributed by atoms with van der Waals surface area (Å²) in [6.45, 7) is 1.70. The first-order valence-corrected chi connectivity index (χ1v) is 5.13. The van der Waals surface area contributed by atoms with Crippen molar-refractivity contribution in [2.24, 2.45) is 0 Å². The fourth-order valence-corrected chi connectivity index (χ4v) is 1.29. The van der Waals surface area contributed by atoms with Gasteiger partial charge in [-0.15, -0.1) is 0 Å². The number of ether oxygens (including phenoxy) is 1. The molecule has 0 spiro atoms. The zero-order valence-electron chi connectivity index (χ0n) is 9.57. The molecule has 0 atom stereocenters. The monoisotopic (exact) mass is 233 g/mol. The average Bonchev–Trinajstić information content (AvgIpc) is 2.34. The predicted molar refractivity (Wildman–Crippen MR) is 62.8 cm³/mol. The summed E-state index contributed by atoms with van der Waals surface area (Å²) >= 11 is 0. The molecular weight excluding hydrogens is 221 g/mol. The van der Waals surface area contributed by atoms with Gasteiger partial charge in [-0.25, -0.2) is 14.4 Å². The summed E-state index contributed by atoms with van der Waals surface area (Å²) < 4.78 is 18.7. The third-order valence-electron chi connectivity index (χ3n) is 2.26. The Morgan fingerprint density at radius 1 is 1.24 bits per heavy atom. The molecule has 1 aromatic heterocycles. The Kier molecular flexibility index (Phi) is 3.18. The van der Waals surface area contributed by atoms with Crippen molar-refractivity contribution in [1.82, 2.24) is 9.97 Å². The summed E-state index contributed by atoms with van der Waals surface area (Å²) in [6, 6.07) is 6.32. The van der Waals surface area contributed by atoms with Gasteiger partial charge in [-0.2, -0.15) is 0 Å².